The second-order valence-corrected chi connectivity index (χ2v) is 8.58. The third kappa shape index (κ3) is 5.00. The minimum absolute atomic E-state index is 0. The van der Waals surface area contributed by atoms with E-state index in [1.54, 1.807) is 0 Å². The van der Waals surface area contributed by atoms with Crippen molar-refractivity contribution >= 4 is 12.4 Å². The second-order valence-electron chi connectivity index (χ2n) is 8.58. The lowest BCUT2D eigenvalue weighted by atomic mass is 9.84. The van der Waals surface area contributed by atoms with Crippen LogP contribution in [0.15, 0.2) is 42.5 Å². The molecule has 0 saturated carbocycles. The number of fused-ring (bicyclic) bond motifs is 1. The van der Waals surface area contributed by atoms with Crippen molar-refractivity contribution in [3.63, 3.8) is 0 Å². The van der Waals surface area contributed by atoms with Gasteiger partial charge in [0.2, 0.25) is 0 Å². The van der Waals surface area contributed by atoms with E-state index in [1.165, 1.54) is 24.8 Å². The van der Waals surface area contributed by atoms with Gasteiger partial charge in [0.15, 0.2) is 5.60 Å². The maximum atomic E-state index is 13.9. The molecule has 5 nitrogen and oxygen atoms in total. The predicted molar refractivity (Wildman–Crippen MR) is 122 cm³/mol. The van der Waals surface area contributed by atoms with Crippen LogP contribution in [0.1, 0.15) is 54.2 Å². The Morgan fingerprint density at radius 2 is 1.97 bits per heavy atom. The summed E-state index contributed by atoms with van der Waals surface area (Å²) in [5.74, 6) is 0.446. The van der Waals surface area contributed by atoms with Crippen LogP contribution >= 0.6 is 12.4 Å². The number of aliphatic hydroxyl groups excluding tert-OH is 1. The summed E-state index contributed by atoms with van der Waals surface area (Å²) in [5, 5.41) is 17.4. The lowest BCUT2D eigenvalue weighted by Gasteiger charge is -2.40. The lowest BCUT2D eigenvalue weighted by Crippen LogP contribution is -2.47. The molecular formula is C24H30ClF3N2O3. The van der Waals surface area contributed by atoms with E-state index in [-0.39, 0.29) is 35.6 Å². The van der Waals surface area contributed by atoms with Crippen molar-refractivity contribution in [3.8, 4) is 5.75 Å². The first kappa shape index (κ1) is 25.8. The molecule has 0 aromatic heterocycles. The van der Waals surface area contributed by atoms with Gasteiger partial charge in [-0.3, -0.25) is 0 Å². The van der Waals surface area contributed by atoms with Gasteiger partial charge < -0.3 is 25.2 Å². The Balaban J connectivity index is 0.00000306. The van der Waals surface area contributed by atoms with Gasteiger partial charge in [-0.2, -0.15) is 13.2 Å². The van der Waals surface area contributed by atoms with Crippen molar-refractivity contribution in [2.75, 3.05) is 20.3 Å². The number of nitrogens with one attached hydrogen (secondary N) is 2. The monoisotopic (exact) mass is 486 g/mol. The highest BCUT2D eigenvalue weighted by atomic mass is 35.5. The number of halogens is 4. The maximum absolute atomic E-state index is 13.9. The summed E-state index contributed by atoms with van der Waals surface area (Å²) in [4.78, 5) is 0. The van der Waals surface area contributed by atoms with Gasteiger partial charge in [0, 0.05) is 24.2 Å². The molecule has 4 rings (SSSR count). The number of ether oxygens (including phenoxy) is 2. The van der Waals surface area contributed by atoms with Crippen LogP contribution in [0.4, 0.5) is 13.2 Å². The van der Waals surface area contributed by atoms with E-state index in [9.17, 15) is 18.3 Å². The molecule has 0 bridgehead atoms. The van der Waals surface area contributed by atoms with Gasteiger partial charge in [-0.25, -0.2) is 0 Å². The summed E-state index contributed by atoms with van der Waals surface area (Å²) in [6.45, 7) is 1.84. The first-order valence-corrected chi connectivity index (χ1v) is 10.9. The van der Waals surface area contributed by atoms with Gasteiger partial charge in [0.1, 0.15) is 11.9 Å². The Morgan fingerprint density at radius 1 is 1.24 bits per heavy atom. The van der Waals surface area contributed by atoms with Crippen molar-refractivity contribution in [2.45, 2.75) is 56.3 Å². The molecule has 0 radical (unpaired) electrons. The number of hydrogen-bond donors (Lipinski definition) is 3. The zero-order chi connectivity index (χ0) is 22.9. The minimum Gasteiger partial charge on any atom is -0.496 e. The van der Waals surface area contributed by atoms with Gasteiger partial charge >= 0.3 is 6.18 Å². The second kappa shape index (κ2) is 10.2. The standard InChI is InChI=1S/C24H29F3N2O3.ClH/c1-23(24(25,26)27)18-11-16(21(31-2)12-17(18)20(30)14-32-23)13-29-19-9-6-10-28-22(19)15-7-4-3-5-8-15;/h3-5,7-8,11-12,19-20,22,28-30H,6,9-10,13-14H2,1-2H3;1H. The van der Waals surface area contributed by atoms with E-state index < -0.39 is 24.5 Å². The molecule has 182 valence electrons. The van der Waals surface area contributed by atoms with Gasteiger partial charge in [-0.05, 0) is 55.1 Å². The quantitative estimate of drug-likeness (QED) is 0.579. The average molecular weight is 487 g/mol. The lowest BCUT2D eigenvalue weighted by molar-refractivity contribution is -0.288. The van der Waals surface area contributed by atoms with Crippen LogP contribution in [0, 0.1) is 0 Å². The number of benzene rings is 2. The summed E-state index contributed by atoms with van der Waals surface area (Å²) < 4.78 is 52.3. The van der Waals surface area contributed by atoms with E-state index in [4.69, 9.17) is 9.47 Å². The van der Waals surface area contributed by atoms with Gasteiger partial charge in [0.25, 0.3) is 0 Å². The molecular weight excluding hydrogens is 457 g/mol. The van der Waals surface area contributed by atoms with E-state index in [0.29, 0.717) is 17.9 Å². The molecule has 2 heterocycles. The van der Waals surface area contributed by atoms with Crippen LogP contribution in [0.2, 0.25) is 0 Å². The van der Waals surface area contributed by atoms with Crippen molar-refractivity contribution < 1.29 is 27.8 Å². The first-order chi connectivity index (χ1) is 15.2. The summed E-state index contributed by atoms with van der Waals surface area (Å²) >= 11 is 0. The molecule has 0 amide bonds. The van der Waals surface area contributed by atoms with E-state index in [0.717, 1.165) is 26.3 Å². The van der Waals surface area contributed by atoms with E-state index >= 15 is 0 Å². The molecule has 33 heavy (non-hydrogen) atoms. The molecule has 2 aromatic carbocycles. The number of methoxy groups -OCH3 is 1. The Labute approximate surface area is 198 Å². The fraction of sp³-hybridized carbons (Fsp3) is 0.500. The molecule has 1 saturated heterocycles. The minimum atomic E-state index is -4.62. The summed E-state index contributed by atoms with van der Waals surface area (Å²) in [5.41, 5.74) is -0.595. The molecule has 2 aliphatic rings. The first-order valence-electron chi connectivity index (χ1n) is 10.9. The van der Waals surface area contributed by atoms with Crippen molar-refractivity contribution in [1.82, 2.24) is 10.6 Å². The summed E-state index contributed by atoms with van der Waals surface area (Å²) in [6.07, 6.45) is -3.80. The number of hydrogen-bond acceptors (Lipinski definition) is 5. The summed E-state index contributed by atoms with van der Waals surface area (Å²) in [7, 11) is 1.48. The average Bonchev–Trinajstić information content (AvgIpc) is 2.80. The molecule has 1 fully saturated rings. The van der Waals surface area contributed by atoms with Crippen LogP contribution < -0.4 is 15.4 Å². The molecule has 2 aliphatic heterocycles. The van der Waals surface area contributed by atoms with E-state index in [2.05, 4.69) is 22.8 Å². The number of alkyl halides is 3. The number of piperidine rings is 1. The SMILES string of the molecule is COc1cc2c(cc1CNC1CCCNC1c1ccccc1)C(C)(C(F)(F)F)OCC2O.Cl. The third-order valence-electron chi connectivity index (χ3n) is 6.57. The van der Waals surface area contributed by atoms with Crippen LogP contribution in [-0.4, -0.2) is 37.6 Å². The zero-order valence-corrected chi connectivity index (χ0v) is 19.4. The third-order valence-corrected chi connectivity index (χ3v) is 6.57. The zero-order valence-electron chi connectivity index (χ0n) is 18.6. The Bertz CT molecular complexity index is 945. The van der Waals surface area contributed by atoms with Gasteiger partial charge in [-0.1, -0.05) is 30.3 Å². The van der Waals surface area contributed by atoms with Crippen LogP contribution in [-0.2, 0) is 16.9 Å². The predicted octanol–water partition coefficient (Wildman–Crippen LogP) is 4.54. The number of aliphatic hydroxyl groups is 1. The van der Waals surface area contributed by atoms with Crippen molar-refractivity contribution in [2.24, 2.45) is 0 Å². The Morgan fingerprint density at radius 3 is 2.64 bits per heavy atom. The largest absolute Gasteiger partial charge is 0.496 e. The van der Waals surface area contributed by atoms with Crippen molar-refractivity contribution in [1.29, 1.82) is 0 Å². The molecule has 9 heteroatoms. The van der Waals surface area contributed by atoms with Crippen LogP contribution in [0.3, 0.4) is 0 Å². The highest BCUT2D eigenvalue weighted by Crippen LogP contribution is 2.49. The van der Waals surface area contributed by atoms with E-state index in [1.807, 2.05) is 18.2 Å². The number of rotatable bonds is 5. The molecule has 0 spiro atoms. The van der Waals surface area contributed by atoms with Gasteiger partial charge in [0.05, 0.1) is 13.7 Å². The fourth-order valence-electron chi connectivity index (χ4n) is 4.67. The topological polar surface area (TPSA) is 62.8 Å². The molecule has 3 N–H and O–H groups in total. The summed E-state index contributed by atoms with van der Waals surface area (Å²) in [6, 6.07) is 13.3. The highest BCUT2D eigenvalue weighted by Gasteiger charge is 2.57. The van der Waals surface area contributed by atoms with Crippen LogP contribution in [0.5, 0.6) is 5.75 Å². The Hall–Kier alpha value is -1.84. The van der Waals surface area contributed by atoms with Crippen molar-refractivity contribution in [3.05, 3.63) is 64.7 Å². The molecule has 4 unspecified atom stereocenters. The fourth-order valence-corrected chi connectivity index (χ4v) is 4.67. The Kier molecular flexibility index (Phi) is 7.96. The maximum Gasteiger partial charge on any atom is 0.421 e. The van der Waals surface area contributed by atoms with Crippen LogP contribution in [0.25, 0.3) is 0 Å². The normalized spacial score (nSPS) is 27.4. The smallest absolute Gasteiger partial charge is 0.421 e. The van der Waals surface area contributed by atoms with Gasteiger partial charge in [-0.15, -0.1) is 12.4 Å². The highest BCUT2D eigenvalue weighted by molar-refractivity contribution is 5.85. The molecule has 2 aromatic rings. The molecule has 0 aliphatic carbocycles. The molecule has 4 atom stereocenters.